The minimum absolute atomic E-state index is 0.113. The van der Waals surface area contributed by atoms with Crippen molar-refractivity contribution in [3.05, 3.63) is 87.9 Å². The number of aromatic nitrogens is 3. The zero-order chi connectivity index (χ0) is 27.8. The van der Waals surface area contributed by atoms with Gasteiger partial charge in [0.1, 0.15) is 23.8 Å². The number of benzene rings is 2. The van der Waals surface area contributed by atoms with Crippen molar-refractivity contribution in [2.24, 2.45) is 7.05 Å². The van der Waals surface area contributed by atoms with E-state index in [9.17, 15) is 41.6 Å². The van der Waals surface area contributed by atoms with Crippen molar-refractivity contribution in [3.63, 3.8) is 0 Å². The maximum Gasteiger partial charge on any atom is 0.433 e. The fourth-order valence-electron chi connectivity index (χ4n) is 3.65. The number of aromatic hydroxyl groups is 1. The summed E-state index contributed by atoms with van der Waals surface area (Å²) in [5.41, 5.74) is -2.88. The Balaban J connectivity index is 1.81. The zero-order valence-corrected chi connectivity index (χ0v) is 19.2. The molecule has 0 aliphatic rings. The summed E-state index contributed by atoms with van der Waals surface area (Å²) in [4.78, 5) is 13.8. The lowest BCUT2D eigenvalue weighted by Crippen LogP contribution is -2.11. The second-order valence-corrected chi connectivity index (χ2v) is 8.04. The van der Waals surface area contributed by atoms with Gasteiger partial charge in [-0.15, -0.1) is 0 Å². The van der Waals surface area contributed by atoms with Crippen LogP contribution in [0.15, 0.2) is 60.9 Å². The van der Waals surface area contributed by atoms with Gasteiger partial charge in [-0.1, -0.05) is 0 Å². The molecule has 0 spiro atoms. The molecule has 2 aromatic carbocycles. The van der Waals surface area contributed by atoms with E-state index in [-0.39, 0.29) is 40.4 Å². The molecule has 4 aromatic rings. The molecule has 198 valence electrons. The number of nitro groups is 1. The Labute approximate surface area is 209 Å². The van der Waals surface area contributed by atoms with Crippen molar-refractivity contribution in [3.8, 4) is 33.9 Å². The van der Waals surface area contributed by atoms with Crippen molar-refractivity contribution in [1.82, 2.24) is 14.8 Å². The topological polar surface area (TPSA) is 103 Å². The highest BCUT2D eigenvalue weighted by Crippen LogP contribution is 2.45. The average molecular weight is 538 g/mol. The molecular formula is C24H16F6N4O4. The van der Waals surface area contributed by atoms with Crippen LogP contribution in [0.25, 0.3) is 22.4 Å². The van der Waals surface area contributed by atoms with E-state index < -0.39 is 34.3 Å². The quantitative estimate of drug-likeness (QED) is 0.174. The minimum Gasteiger partial charge on any atom is -0.506 e. The van der Waals surface area contributed by atoms with Crippen LogP contribution >= 0.6 is 0 Å². The molecule has 0 saturated carbocycles. The summed E-state index contributed by atoms with van der Waals surface area (Å²) in [6.07, 6.45) is -7.89. The number of phenolic OH excluding ortho intramolecular Hbond substituents is 1. The molecule has 0 unspecified atom stereocenters. The number of aryl methyl sites for hydroxylation is 1. The molecule has 4 rings (SSSR count). The van der Waals surface area contributed by atoms with E-state index in [0.29, 0.717) is 28.6 Å². The Morgan fingerprint density at radius 1 is 1.00 bits per heavy atom. The van der Waals surface area contributed by atoms with Gasteiger partial charge in [-0.05, 0) is 42.0 Å². The first-order chi connectivity index (χ1) is 17.8. The van der Waals surface area contributed by atoms with Crippen LogP contribution in [-0.4, -0.2) is 24.8 Å². The Bertz CT molecular complexity index is 1500. The SMILES string of the molecule is Cn1nc(-c2ccc(OCc3ccc([N+](=O)[O-])cc3)c(-c3cncc(C(F)(F)F)c3)c2O)cc1C(F)(F)F. The fourth-order valence-corrected chi connectivity index (χ4v) is 3.65. The molecule has 0 radical (unpaired) electrons. The number of hydrogen-bond acceptors (Lipinski definition) is 6. The molecule has 2 heterocycles. The first-order valence-corrected chi connectivity index (χ1v) is 10.6. The smallest absolute Gasteiger partial charge is 0.433 e. The van der Waals surface area contributed by atoms with Crippen molar-refractivity contribution >= 4 is 5.69 Å². The number of phenols is 1. The number of nitrogens with zero attached hydrogens (tertiary/aromatic N) is 4. The third-order valence-corrected chi connectivity index (χ3v) is 5.48. The standard InChI is InChI=1S/C24H16F6N4O4/c1-33-20(24(28,29)30)9-18(32-33)17-6-7-19(38-12-13-2-4-16(5-3-13)34(36)37)21(22(17)35)14-8-15(11-31-10-14)23(25,26)27/h2-11,35H,12H2,1H3. The summed E-state index contributed by atoms with van der Waals surface area (Å²) < 4.78 is 86.2. The summed E-state index contributed by atoms with van der Waals surface area (Å²) in [7, 11) is 1.06. The number of ether oxygens (including phenoxy) is 1. The van der Waals surface area contributed by atoms with Gasteiger partial charge < -0.3 is 9.84 Å². The third-order valence-electron chi connectivity index (χ3n) is 5.48. The van der Waals surface area contributed by atoms with Gasteiger partial charge in [0.15, 0.2) is 0 Å². The predicted octanol–water partition coefficient (Wildman–Crippen LogP) is 6.38. The molecule has 0 aliphatic heterocycles. The van der Waals surface area contributed by atoms with Crippen molar-refractivity contribution in [2.75, 3.05) is 0 Å². The molecule has 0 saturated heterocycles. The maximum absolute atomic E-state index is 13.3. The van der Waals surface area contributed by atoms with E-state index in [1.54, 1.807) is 0 Å². The average Bonchev–Trinajstić information content (AvgIpc) is 3.24. The highest BCUT2D eigenvalue weighted by molar-refractivity contribution is 5.85. The Hall–Kier alpha value is -4.62. The number of pyridine rings is 1. The van der Waals surface area contributed by atoms with Crippen LogP contribution in [0.4, 0.5) is 32.0 Å². The predicted molar refractivity (Wildman–Crippen MR) is 121 cm³/mol. The van der Waals surface area contributed by atoms with Crippen molar-refractivity contribution in [1.29, 1.82) is 0 Å². The normalized spacial score (nSPS) is 12.0. The van der Waals surface area contributed by atoms with Crippen LogP contribution in [-0.2, 0) is 26.0 Å². The van der Waals surface area contributed by atoms with Crippen LogP contribution in [0.1, 0.15) is 16.8 Å². The summed E-state index contributed by atoms with van der Waals surface area (Å²) in [5.74, 6) is -0.795. The number of alkyl halides is 6. The summed E-state index contributed by atoms with van der Waals surface area (Å²) in [6.45, 7) is -0.196. The number of halogens is 6. The van der Waals surface area contributed by atoms with Gasteiger partial charge in [-0.25, -0.2) is 0 Å². The van der Waals surface area contributed by atoms with Gasteiger partial charge in [-0.2, -0.15) is 31.4 Å². The van der Waals surface area contributed by atoms with Gasteiger partial charge in [0, 0.05) is 42.7 Å². The molecule has 0 fully saturated rings. The monoisotopic (exact) mass is 538 g/mol. The molecule has 0 aliphatic carbocycles. The number of rotatable bonds is 6. The van der Waals surface area contributed by atoms with Crippen molar-refractivity contribution in [2.45, 2.75) is 19.0 Å². The highest BCUT2D eigenvalue weighted by atomic mass is 19.4. The number of non-ortho nitro benzene ring substituents is 1. The Morgan fingerprint density at radius 3 is 2.26 bits per heavy atom. The lowest BCUT2D eigenvalue weighted by atomic mass is 9.98. The first-order valence-electron chi connectivity index (χ1n) is 10.6. The molecule has 0 bridgehead atoms. The van der Waals surface area contributed by atoms with E-state index in [4.69, 9.17) is 4.74 Å². The van der Waals surface area contributed by atoms with Crippen LogP contribution in [0.3, 0.4) is 0 Å². The van der Waals surface area contributed by atoms with E-state index in [2.05, 4.69) is 10.1 Å². The van der Waals surface area contributed by atoms with Gasteiger partial charge in [0.2, 0.25) is 0 Å². The summed E-state index contributed by atoms with van der Waals surface area (Å²) in [6, 6.07) is 9.16. The second kappa shape index (κ2) is 9.68. The molecule has 2 aromatic heterocycles. The van der Waals surface area contributed by atoms with Crippen LogP contribution in [0.2, 0.25) is 0 Å². The maximum atomic E-state index is 13.3. The lowest BCUT2D eigenvalue weighted by Gasteiger charge is -2.16. The van der Waals surface area contributed by atoms with Gasteiger partial charge in [-0.3, -0.25) is 19.8 Å². The highest BCUT2D eigenvalue weighted by Gasteiger charge is 2.36. The largest absolute Gasteiger partial charge is 0.506 e. The summed E-state index contributed by atoms with van der Waals surface area (Å²) in [5, 5.41) is 25.7. The third kappa shape index (κ3) is 5.38. The molecular weight excluding hydrogens is 522 g/mol. The first kappa shape index (κ1) is 26.4. The van der Waals surface area contributed by atoms with E-state index in [1.807, 2.05) is 0 Å². The summed E-state index contributed by atoms with van der Waals surface area (Å²) >= 11 is 0. The molecule has 0 atom stereocenters. The lowest BCUT2D eigenvalue weighted by molar-refractivity contribution is -0.384. The van der Waals surface area contributed by atoms with E-state index >= 15 is 0 Å². The minimum atomic E-state index is -4.77. The van der Waals surface area contributed by atoms with Crippen LogP contribution in [0.5, 0.6) is 11.5 Å². The molecule has 0 amide bonds. The Kier molecular flexibility index (Phi) is 6.74. The van der Waals surface area contributed by atoms with Crippen LogP contribution < -0.4 is 4.74 Å². The zero-order valence-electron chi connectivity index (χ0n) is 19.2. The molecule has 8 nitrogen and oxygen atoms in total. The van der Waals surface area contributed by atoms with Crippen LogP contribution in [0, 0.1) is 10.1 Å². The molecule has 1 N–H and O–H groups in total. The molecule has 14 heteroatoms. The number of hydrogen-bond donors (Lipinski definition) is 1. The van der Waals surface area contributed by atoms with Gasteiger partial charge >= 0.3 is 12.4 Å². The Morgan fingerprint density at radius 2 is 1.68 bits per heavy atom. The van der Waals surface area contributed by atoms with E-state index in [0.717, 1.165) is 13.2 Å². The van der Waals surface area contributed by atoms with Gasteiger partial charge in [0.05, 0.1) is 21.7 Å². The molecule has 38 heavy (non-hydrogen) atoms. The van der Waals surface area contributed by atoms with Crippen molar-refractivity contribution < 1.29 is 41.1 Å². The second-order valence-electron chi connectivity index (χ2n) is 8.04. The van der Waals surface area contributed by atoms with Gasteiger partial charge in [0.25, 0.3) is 5.69 Å². The fraction of sp³-hybridized carbons (Fsp3) is 0.167. The number of nitro benzene ring substituents is 1. The van der Waals surface area contributed by atoms with E-state index in [1.165, 1.54) is 36.4 Å².